The van der Waals surface area contributed by atoms with Crippen molar-refractivity contribution in [2.45, 2.75) is 38.3 Å². The van der Waals surface area contributed by atoms with Crippen LogP contribution >= 0.6 is 11.6 Å². The SMILES string of the molecule is COCCCC(=O)c1ccc(OC2CCN(Cc3cc4ccccc4o3)CC2)c(Cl)c1. The molecule has 0 bridgehead atoms. The van der Waals surface area contributed by atoms with Gasteiger partial charge < -0.3 is 13.9 Å². The molecule has 0 radical (unpaired) electrons. The first kappa shape index (κ1) is 21.9. The number of fused-ring (bicyclic) bond motifs is 1. The van der Waals surface area contributed by atoms with Gasteiger partial charge in [-0.25, -0.2) is 0 Å². The zero-order valence-electron chi connectivity index (χ0n) is 17.8. The summed E-state index contributed by atoms with van der Waals surface area (Å²) in [4.78, 5) is 14.6. The number of Topliss-reactive ketones (excluding diaryl/α,β-unsaturated/α-hetero) is 1. The van der Waals surface area contributed by atoms with E-state index in [0.717, 1.165) is 49.2 Å². The normalized spacial score (nSPS) is 15.4. The number of piperidine rings is 1. The summed E-state index contributed by atoms with van der Waals surface area (Å²) in [6.45, 7) is 3.27. The predicted octanol–water partition coefficient (Wildman–Crippen LogP) is 5.74. The Morgan fingerprint density at radius 3 is 2.71 bits per heavy atom. The molecular formula is C25H28ClNO4. The number of para-hydroxylation sites is 1. The number of rotatable bonds is 9. The number of methoxy groups -OCH3 is 1. The lowest BCUT2D eigenvalue weighted by molar-refractivity contribution is 0.0931. The lowest BCUT2D eigenvalue weighted by Crippen LogP contribution is -2.37. The van der Waals surface area contributed by atoms with E-state index in [9.17, 15) is 4.79 Å². The number of furan rings is 1. The van der Waals surface area contributed by atoms with Gasteiger partial charge in [0.25, 0.3) is 0 Å². The molecule has 1 aliphatic heterocycles. The summed E-state index contributed by atoms with van der Waals surface area (Å²) in [5.74, 6) is 1.71. The van der Waals surface area contributed by atoms with Gasteiger partial charge in [-0.05, 0) is 49.6 Å². The van der Waals surface area contributed by atoms with Crippen molar-refractivity contribution in [3.8, 4) is 5.75 Å². The van der Waals surface area contributed by atoms with Crippen LogP contribution in [0.2, 0.25) is 5.02 Å². The van der Waals surface area contributed by atoms with Crippen LogP contribution in [0.15, 0.2) is 52.9 Å². The topological polar surface area (TPSA) is 51.9 Å². The van der Waals surface area contributed by atoms with E-state index in [1.807, 2.05) is 24.3 Å². The molecule has 2 heterocycles. The Hall–Kier alpha value is -2.34. The third-order valence-electron chi connectivity index (χ3n) is 5.69. The summed E-state index contributed by atoms with van der Waals surface area (Å²) in [5.41, 5.74) is 1.56. The molecule has 164 valence electrons. The summed E-state index contributed by atoms with van der Waals surface area (Å²) >= 11 is 6.40. The Bertz CT molecular complexity index is 990. The molecule has 0 saturated carbocycles. The first-order chi connectivity index (χ1) is 15.1. The van der Waals surface area contributed by atoms with Gasteiger partial charge in [0.2, 0.25) is 0 Å². The van der Waals surface area contributed by atoms with E-state index in [-0.39, 0.29) is 11.9 Å². The average Bonchev–Trinajstić information content (AvgIpc) is 3.19. The number of likely N-dealkylation sites (tertiary alicyclic amines) is 1. The Morgan fingerprint density at radius 1 is 1.16 bits per heavy atom. The van der Waals surface area contributed by atoms with Gasteiger partial charge in [-0.1, -0.05) is 29.8 Å². The van der Waals surface area contributed by atoms with Gasteiger partial charge in [-0.15, -0.1) is 0 Å². The predicted molar refractivity (Wildman–Crippen MR) is 122 cm³/mol. The molecule has 0 atom stereocenters. The van der Waals surface area contributed by atoms with E-state index < -0.39 is 0 Å². The molecule has 0 N–H and O–H groups in total. The van der Waals surface area contributed by atoms with Crippen molar-refractivity contribution in [3.63, 3.8) is 0 Å². The lowest BCUT2D eigenvalue weighted by Gasteiger charge is -2.31. The summed E-state index contributed by atoms with van der Waals surface area (Å²) in [5, 5.41) is 1.63. The van der Waals surface area contributed by atoms with Crippen LogP contribution in [0.1, 0.15) is 41.8 Å². The fourth-order valence-electron chi connectivity index (χ4n) is 3.99. The van der Waals surface area contributed by atoms with E-state index >= 15 is 0 Å². The number of halogens is 1. The summed E-state index contributed by atoms with van der Waals surface area (Å²) in [6, 6.07) is 15.5. The van der Waals surface area contributed by atoms with E-state index in [4.69, 9.17) is 25.5 Å². The molecule has 1 saturated heterocycles. The molecule has 1 aliphatic rings. The van der Waals surface area contributed by atoms with Crippen LogP contribution < -0.4 is 4.74 Å². The zero-order valence-corrected chi connectivity index (χ0v) is 18.6. The standard InChI is InChI=1S/C25H28ClNO4/c1-29-14-4-6-23(28)18-8-9-25(22(26)16-18)30-20-10-12-27(13-11-20)17-21-15-19-5-2-3-7-24(19)31-21/h2-3,5,7-9,15-16,20H,4,6,10-14,17H2,1H3. The fraction of sp³-hybridized carbons (Fsp3) is 0.400. The van der Waals surface area contributed by atoms with Gasteiger partial charge in [0.15, 0.2) is 5.78 Å². The number of hydrogen-bond donors (Lipinski definition) is 0. The first-order valence-electron chi connectivity index (χ1n) is 10.8. The molecule has 0 aliphatic carbocycles. The first-order valence-corrected chi connectivity index (χ1v) is 11.2. The maximum atomic E-state index is 12.2. The second-order valence-corrected chi connectivity index (χ2v) is 8.42. The number of carbonyl (C=O) groups is 1. The highest BCUT2D eigenvalue weighted by Crippen LogP contribution is 2.29. The van der Waals surface area contributed by atoms with Gasteiger partial charge in [0.05, 0.1) is 11.6 Å². The van der Waals surface area contributed by atoms with Crippen molar-refractivity contribution in [1.82, 2.24) is 4.90 Å². The maximum absolute atomic E-state index is 12.2. The largest absolute Gasteiger partial charge is 0.489 e. The van der Waals surface area contributed by atoms with Crippen molar-refractivity contribution < 1.29 is 18.7 Å². The fourth-order valence-corrected chi connectivity index (χ4v) is 4.22. The smallest absolute Gasteiger partial charge is 0.163 e. The van der Waals surface area contributed by atoms with E-state index in [1.165, 1.54) is 0 Å². The van der Waals surface area contributed by atoms with Gasteiger partial charge in [0.1, 0.15) is 23.2 Å². The van der Waals surface area contributed by atoms with Crippen LogP contribution in [0.25, 0.3) is 11.0 Å². The third-order valence-corrected chi connectivity index (χ3v) is 5.99. The number of carbonyl (C=O) groups excluding carboxylic acids is 1. The highest BCUT2D eigenvalue weighted by molar-refractivity contribution is 6.32. The van der Waals surface area contributed by atoms with Gasteiger partial charge in [-0.2, -0.15) is 0 Å². The van der Waals surface area contributed by atoms with Crippen LogP contribution in [-0.4, -0.2) is 43.6 Å². The van der Waals surface area contributed by atoms with Gasteiger partial charge in [0, 0.05) is 44.2 Å². The molecule has 1 fully saturated rings. The molecule has 2 aromatic carbocycles. The second kappa shape index (κ2) is 10.3. The Kier molecular flexibility index (Phi) is 7.28. The van der Waals surface area contributed by atoms with Gasteiger partial charge >= 0.3 is 0 Å². The molecule has 3 aromatic rings. The summed E-state index contributed by atoms with van der Waals surface area (Å²) in [6.07, 6.45) is 3.13. The number of ketones is 1. The lowest BCUT2D eigenvalue weighted by atomic mass is 10.1. The van der Waals surface area contributed by atoms with Crippen molar-refractivity contribution in [2.75, 3.05) is 26.8 Å². The highest BCUT2D eigenvalue weighted by Gasteiger charge is 2.22. The zero-order chi connectivity index (χ0) is 21.6. The van der Waals surface area contributed by atoms with E-state index in [0.29, 0.717) is 35.8 Å². The molecule has 1 aromatic heterocycles. The van der Waals surface area contributed by atoms with E-state index in [2.05, 4.69) is 17.0 Å². The Morgan fingerprint density at radius 2 is 1.97 bits per heavy atom. The molecule has 0 spiro atoms. The number of ether oxygens (including phenoxy) is 2. The van der Waals surface area contributed by atoms with Crippen molar-refractivity contribution in [2.24, 2.45) is 0 Å². The molecule has 31 heavy (non-hydrogen) atoms. The second-order valence-electron chi connectivity index (χ2n) is 8.01. The number of benzene rings is 2. The minimum atomic E-state index is 0.0735. The Balaban J connectivity index is 1.27. The Labute approximate surface area is 187 Å². The van der Waals surface area contributed by atoms with Gasteiger partial charge in [-0.3, -0.25) is 9.69 Å². The number of nitrogens with zero attached hydrogens (tertiary/aromatic N) is 1. The molecule has 6 heteroatoms. The highest BCUT2D eigenvalue weighted by atomic mass is 35.5. The quantitative estimate of drug-likeness (QED) is 0.313. The van der Waals surface area contributed by atoms with E-state index in [1.54, 1.807) is 19.2 Å². The van der Waals surface area contributed by atoms with Crippen LogP contribution in [0.4, 0.5) is 0 Å². The van der Waals surface area contributed by atoms with Crippen LogP contribution in [0, 0.1) is 0 Å². The molecule has 5 nitrogen and oxygen atoms in total. The monoisotopic (exact) mass is 441 g/mol. The molecule has 4 rings (SSSR count). The maximum Gasteiger partial charge on any atom is 0.163 e. The third kappa shape index (κ3) is 5.67. The van der Waals surface area contributed by atoms with Crippen LogP contribution in [0.3, 0.4) is 0 Å². The summed E-state index contributed by atoms with van der Waals surface area (Å²) in [7, 11) is 1.64. The minimum absolute atomic E-state index is 0.0735. The number of hydrogen-bond acceptors (Lipinski definition) is 5. The van der Waals surface area contributed by atoms with Crippen LogP contribution in [-0.2, 0) is 11.3 Å². The van der Waals surface area contributed by atoms with Crippen molar-refractivity contribution in [1.29, 1.82) is 0 Å². The van der Waals surface area contributed by atoms with Crippen molar-refractivity contribution >= 4 is 28.4 Å². The average molecular weight is 442 g/mol. The molecule has 0 amide bonds. The molecule has 0 unspecified atom stereocenters. The minimum Gasteiger partial charge on any atom is -0.489 e. The van der Waals surface area contributed by atoms with Crippen LogP contribution in [0.5, 0.6) is 5.75 Å². The molecular weight excluding hydrogens is 414 g/mol. The summed E-state index contributed by atoms with van der Waals surface area (Å²) < 4.78 is 17.1. The van der Waals surface area contributed by atoms with Crippen molar-refractivity contribution in [3.05, 3.63) is 64.9 Å².